The van der Waals surface area contributed by atoms with Crippen LogP contribution in [0.15, 0.2) is 48.5 Å². The number of H-pyrrole nitrogens is 1. The maximum absolute atomic E-state index is 12.7. The molecule has 0 saturated heterocycles. The van der Waals surface area contributed by atoms with Crippen LogP contribution in [-0.2, 0) is 24.1 Å². The molecule has 128 valence electrons. The number of para-hydroxylation sites is 1. The lowest BCUT2D eigenvalue weighted by atomic mass is 9.90. The van der Waals surface area contributed by atoms with Crippen molar-refractivity contribution in [3.8, 4) is 0 Å². The summed E-state index contributed by atoms with van der Waals surface area (Å²) < 4.78 is 0. The van der Waals surface area contributed by atoms with Crippen molar-refractivity contribution in [2.75, 3.05) is 7.05 Å². The molecule has 1 atom stereocenters. The van der Waals surface area contributed by atoms with Crippen LogP contribution in [0.4, 0.5) is 0 Å². The minimum atomic E-state index is 0.163. The first-order valence-corrected chi connectivity index (χ1v) is 9.08. The smallest absolute Gasteiger partial charge is 0.226 e. The highest BCUT2D eigenvalue weighted by molar-refractivity contribution is 6.30. The summed E-state index contributed by atoms with van der Waals surface area (Å²) in [5.41, 5.74) is 4.90. The van der Waals surface area contributed by atoms with E-state index in [0.29, 0.717) is 11.4 Å². The van der Waals surface area contributed by atoms with E-state index in [1.54, 1.807) is 0 Å². The third-order valence-electron chi connectivity index (χ3n) is 5.28. The van der Waals surface area contributed by atoms with Crippen LogP contribution in [0.25, 0.3) is 10.9 Å². The normalized spacial score (nSPS) is 16.6. The van der Waals surface area contributed by atoms with E-state index in [1.807, 2.05) is 36.2 Å². The average Bonchev–Trinajstić information content (AvgIpc) is 3.01. The summed E-state index contributed by atoms with van der Waals surface area (Å²) in [5, 5.41) is 1.99. The van der Waals surface area contributed by atoms with Gasteiger partial charge in [-0.1, -0.05) is 41.9 Å². The van der Waals surface area contributed by atoms with Gasteiger partial charge in [0.1, 0.15) is 0 Å². The van der Waals surface area contributed by atoms with E-state index in [9.17, 15) is 4.79 Å². The standard InChI is InChI=1S/C21H21ClN2O/c1-24(21(25)12-14-6-8-15(22)9-7-14)16-10-11-20-18(13-16)17-4-2-3-5-19(17)23-20/h2-9,16,23H,10-13H2,1H3. The second kappa shape index (κ2) is 6.57. The van der Waals surface area contributed by atoms with Gasteiger partial charge in [0.25, 0.3) is 0 Å². The predicted octanol–water partition coefficient (Wildman–Crippen LogP) is 4.38. The number of benzene rings is 2. The molecule has 0 saturated carbocycles. The third kappa shape index (κ3) is 3.16. The van der Waals surface area contributed by atoms with Gasteiger partial charge in [-0.15, -0.1) is 0 Å². The summed E-state index contributed by atoms with van der Waals surface area (Å²) in [6, 6.07) is 16.2. The largest absolute Gasteiger partial charge is 0.358 e. The first kappa shape index (κ1) is 16.2. The number of nitrogens with one attached hydrogen (secondary N) is 1. The zero-order chi connectivity index (χ0) is 17.4. The fraction of sp³-hybridized carbons (Fsp3) is 0.286. The summed E-state index contributed by atoms with van der Waals surface area (Å²) in [6.07, 6.45) is 3.34. The number of hydrogen-bond acceptors (Lipinski definition) is 1. The van der Waals surface area contributed by atoms with Crippen molar-refractivity contribution in [3.63, 3.8) is 0 Å². The molecule has 2 aromatic carbocycles. The maximum Gasteiger partial charge on any atom is 0.226 e. The van der Waals surface area contributed by atoms with Gasteiger partial charge in [-0.05, 0) is 48.6 Å². The van der Waals surface area contributed by atoms with Crippen molar-refractivity contribution >= 4 is 28.4 Å². The minimum Gasteiger partial charge on any atom is -0.358 e. The molecule has 3 nitrogen and oxygen atoms in total. The van der Waals surface area contributed by atoms with Crippen LogP contribution in [0.1, 0.15) is 23.2 Å². The number of fused-ring (bicyclic) bond motifs is 3. The van der Waals surface area contributed by atoms with E-state index < -0.39 is 0 Å². The Morgan fingerprint density at radius 1 is 1.20 bits per heavy atom. The fourth-order valence-electron chi connectivity index (χ4n) is 3.79. The lowest BCUT2D eigenvalue weighted by Gasteiger charge is -2.31. The lowest BCUT2D eigenvalue weighted by Crippen LogP contribution is -2.41. The van der Waals surface area contributed by atoms with E-state index in [0.717, 1.165) is 24.8 Å². The summed E-state index contributed by atoms with van der Waals surface area (Å²) in [6.45, 7) is 0. The SMILES string of the molecule is CN(C(=O)Cc1ccc(Cl)cc1)C1CCc2[nH]c3ccccc3c2C1. The first-order chi connectivity index (χ1) is 12.1. The number of carbonyl (C=O) groups excluding carboxylic acids is 1. The van der Waals surface area contributed by atoms with Crippen molar-refractivity contribution in [1.82, 2.24) is 9.88 Å². The molecule has 1 aliphatic carbocycles. The topological polar surface area (TPSA) is 36.1 Å². The Hall–Kier alpha value is -2.26. The number of aromatic nitrogens is 1. The summed E-state index contributed by atoms with van der Waals surface area (Å²) in [7, 11) is 1.93. The molecule has 4 heteroatoms. The molecule has 0 spiro atoms. The molecule has 0 radical (unpaired) electrons. The highest BCUT2D eigenvalue weighted by Gasteiger charge is 2.27. The number of amides is 1. The van der Waals surface area contributed by atoms with Crippen LogP contribution in [0, 0.1) is 0 Å². The molecule has 0 bridgehead atoms. The second-order valence-corrected chi connectivity index (χ2v) is 7.27. The second-order valence-electron chi connectivity index (χ2n) is 6.83. The number of hydrogen-bond donors (Lipinski definition) is 1. The summed E-state index contributed by atoms with van der Waals surface area (Å²) in [5.74, 6) is 0.163. The van der Waals surface area contributed by atoms with Gasteiger partial charge in [-0.25, -0.2) is 0 Å². The van der Waals surface area contributed by atoms with Crippen molar-refractivity contribution in [1.29, 1.82) is 0 Å². The van der Waals surface area contributed by atoms with Crippen LogP contribution < -0.4 is 0 Å². The van der Waals surface area contributed by atoms with E-state index in [4.69, 9.17) is 11.6 Å². The minimum absolute atomic E-state index is 0.163. The fourth-order valence-corrected chi connectivity index (χ4v) is 3.91. The quantitative estimate of drug-likeness (QED) is 0.746. The van der Waals surface area contributed by atoms with Crippen molar-refractivity contribution in [2.45, 2.75) is 31.7 Å². The number of rotatable bonds is 3. The molecule has 0 aliphatic heterocycles. The van der Waals surface area contributed by atoms with Gasteiger partial charge in [0.15, 0.2) is 0 Å². The Kier molecular flexibility index (Phi) is 4.26. The number of nitrogens with zero attached hydrogens (tertiary/aromatic N) is 1. The number of aryl methyl sites for hydroxylation is 1. The zero-order valence-electron chi connectivity index (χ0n) is 14.3. The highest BCUT2D eigenvalue weighted by Crippen LogP contribution is 2.30. The molecule has 1 heterocycles. The molecular formula is C21H21ClN2O. The van der Waals surface area contributed by atoms with Gasteiger partial charge in [0.05, 0.1) is 6.42 Å². The van der Waals surface area contributed by atoms with E-state index >= 15 is 0 Å². The van der Waals surface area contributed by atoms with E-state index in [-0.39, 0.29) is 11.9 Å². The van der Waals surface area contributed by atoms with Crippen LogP contribution in [-0.4, -0.2) is 28.9 Å². The van der Waals surface area contributed by atoms with Crippen LogP contribution in [0.2, 0.25) is 5.02 Å². The molecule has 1 aliphatic rings. The molecule has 25 heavy (non-hydrogen) atoms. The van der Waals surface area contributed by atoms with Gasteiger partial charge in [-0.3, -0.25) is 4.79 Å². The molecule has 1 aromatic heterocycles. The average molecular weight is 353 g/mol. The van der Waals surface area contributed by atoms with E-state index in [1.165, 1.54) is 22.2 Å². The molecule has 0 fully saturated rings. The van der Waals surface area contributed by atoms with Crippen molar-refractivity contribution < 1.29 is 4.79 Å². The third-order valence-corrected chi connectivity index (χ3v) is 5.53. The Labute approximate surface area is 152 Å². The van der Waals surface area contributed by atoms with Crippen LogP contribution >= 0.6 is 11.6 Å². The van der Waals surface area contributed by atoms with Crippen LogP contribution in [0.5, 0.6) is 0 Å². The molecule has 3 aromatic rings. The van der Waals surface area contributed by atoms with E-state index in [2.05, 4.69) is 29.2 Å². The van der Waals surface area contributed by atoms with Crippen molar-refractivity contribution in [2.24, 2.45) is 0 Å². The van der Waals surface area contributed by atoms with Gasteiger partial charge in [0.2, 0.25) is 5.91 Å². The van der Waals surface area contributed by atoms with Gasteiger partial charge >= 0.3 is 0 Å². The number of carbonyl (C=O) groups is 1. The molecule has 1 unspecified atom stereocenters. The molecule has 1 amide bonds. The van der Waals surface area contributed by atoms with Gasteiger partial charge in [-0.2, -0.15) is 0 Å². The van der Waals surface area contributed by atoms with Crippen LogP contribution in [0.3, 0.4) is 0 Å². The maximum atomic E-state index is 12.7. The lowest BCUT2D eigenvalue weighted by molar-refractivity contribution is -0.131. The zero-order valence-corrected chi connectivity index (χ0v) is 15.0. The highest BCUT2D eigenvalue weighted by atomic mass is 35.5. The summed E-state index contributed by atoms with van der Waals surface area (Å²) in [4.78, 5) is 18.2. The summed E-state index contributed by atoms with van der Waals surface area (Å²) >= 11 is 5.92. The Bertz CT molecular complexity index is 913. The molecule has 1 N–H and O–H groups in total. The molecule has 4 rings (SSSR count). The first-order valence-electron chi connectivity index (χ1n) is 8.70. The monoisotopic (exact) mass is 352 g/mol. The number of halogens is 1. The Morgan fingerprint density at radius 3 is 2.76 bits per heavy atom. The van der Waals surface area contributed by atoms with Gasteiger partial charge in [0, 0.05) is 34.7 Å². The number of likely N-dealkylation sites (N-methyl/N-ethyl adjacent to an activating group) is 1. The Balaban J connectivity index is 1.50. The Morgan fingerprint density at radius 2 is 1.96 bits per heavy atom. The molecular weight excluding hydrogens is 332 g/mol. The number of aromatic amines is 1. The predicted molar refractivity (Wildman–Crippen MR) is 102 cm³/mol. The van der Waals surface area contributed by atoms with Crippen molar-refractivity contribution in [3.05, 3.63) is 70.4 Å². The van der Waals surface area contributed by atoms with Gasteiger partial charge < -0.3 is 9.88 Å².